The van der Waals surface area contributed by atoms with Gasteiger partial charge in [0.1, 0.15) is 12.4 Å². The summed E-state index contributed by atoms with van der Waals surface area (Å²) in [6, 6.07) is 11.2. The zero-order valence-electron chi connectivity index (χ0n) is 13.7. The summed E-state index contributed by atoms with van der Waals surface area (Å²) < 4.78 is 11.2. The molecular weight excluding hydrogens is 324 g/mol. The molecule has 1 aromatic heterocycles. The molecule has 128 valence electrons. The van der Waals surface area contributed by atoms with E-state index in [-0.39, 0.29) is 12.1 Å². The topological polar surface area (TPSA) is 59.6 Å². The van der Waals surface area contributed by atoms with Crippen molar-refractivity contribution < 1.29 is 14.3 Å². The summed E-state index contributed by atoms with van der Waals surface area (Å²) in [6.45, 7) is 3.99. The molecule has 1 atom stereocenters. The number of ether oxygens (including phenoxy) is 2. The Hall–Kier alpha value is -2.05. The number of rotatable bonds is 6. The number of aryl methyl sites for hydroxylation is 1. The number of carbonyl (C=O) groups excluding carboxylic acids is 1. The lowest BCUT2D eigenvalue weighted by Crippen LogP contribution is -2.27. The van der Waals surface area contributed by atoms with Crippen LogP contribution in [0.3, 0.4) is 0 Å². The predicted octanol–water partition coefficient (Wildman–Crippen LogP) is 3.94. The number of anilines is 1. The largest absolute Gasteiger partial charge is 0.491 e. The number of hydrogen-bond donors (Lipinski definition) is 2. The number of thiophene rings is 1. The molecule has 0 unspecified atom stereocenters. The lowest BCUT2D eigenvalue weighted by molar-refractivity contribution is 0.0679. The predicted molar refractivity (Wildman–Crippen MR) is 95.8 cm³/mol. The first-order valence-electron chi connectivity index (χ1n) is 8.14. The SMILES string of the molecule is Cc1ccc(CNC(=O)Nc2ccc(OC[C@H]3CCCO3)cc2)s1. The quantitative estimate of drug-likeness (QED) is 0.833. The van der Waals surface area contributed by atoms with Crippen molar-refractivity contribution in [2.45, 2.75) is 32.4 Å². The Kier molecular flexibility index (Phi) is 5.72. The third-order valence-electron chi connectivity index (χ3n) is 3.79. The van der Waals surface area contributed by atoms with Gasteiger partial charge in [-0.3, -0.25) is 0 Å². The summed E-state index contributed by atoms with van der Waals surface area (Å²) in [5.74, 6) is 0.783. The van der Waals surface area contributed by atoms with Gasteiger partial charge in [0.05, 0.1) is 12.6 Å². The second kappa shape index (κ2) is 8.17. The highest BCUT2D eigenvalue weighted by Gasteiger charge is 2.15. The van der Waals surface area contributed by atoms with Crippen LogP contribution in [0.1, 0.15) is 22.6 Å². The maximum atomic E-state index is 11.9. The lowest BCUT2D eigenvalue weighted by Gasteiger charge is -2.12. The first-order valence-corrected chi connectivity index (χ1v) is 8.95. The van der Waals surface area contributed by atoms with E-state index in [0.717, 1.165) is 35.8 Å². The van der Waals surface area contributed by atoms with Gasteiger partial charge in [0.2, 0.25) is 0 Å². The Balaban J connectivity index is 1.42. The molecule has 0 aliphatic carbocycles. The van der Waals surface area contributed by atoms with Crippen LogP contribution in [-0.4, -0.2) is 25.3 Å². The van der Waals surface area contributed by atoms with Gasteiger partial charge in [-0.25, -0.2) is 4.79 Å². The highest BCUT2D eigenvalue weighted by molar-refractivity contribution is 7.11. The normalized spacial score (nSPS) is 16.8. The number of amides is 2. The molecular formula is C18H22N2O3S. The van der Waals surface area contributed by atoms with E-state index in [0.29, 0.717) is 13.2 Å². The molecule has 0 spiro atoms. The number of urea groups is 1. The van der Waals surface area contributed by atoms with Crippen LogP contribution in [0.4, 0.5) is 10.5 Å². The third kappa shape index (κ3) is 4.97. The molecule has 0 bridgehead atoms. The molecule has 2 heterocycles. The standard InChI is InChI=1S/C18H22N2O3S/c1-13-4-9-17(24-13)11-19-18(21)20-14-5-7-15(8-6-14)23-12-16-3-2-10-22-16/h4-9,16H,2-3,10-12H2,1H3,(H2,19,20,21)/t16-/m1/s1. The molecule has 1 aliphatic rings. The fourth-order valence-corrected chi connectivity index (χ4v) is 3.35. The minimum Gasteiger partial charge on any atom is -0.491 e. The number of nitrogens with one attached hydrogen (secondary N) is 2. The summed E-state index contributed by atoms with van der Waals surface area (Å²) in [5.41, 5.74) is 0.735. The van der Waals surface area contributed by atoms with Crippen molar-refractivity contribution in [3.63, 3.8) is 0 Å². The molecule has 1 saturated heterocycles. The summed E-state index contributed by atoms with van der Waals surface area (Å²) >= 11 is 1.68. The minimum atomic E-state index is -0.214. The van der Waals surface area contributed by atoms with Crippen LogP contribution < -0.4 is 15.4 Å². The van der Waals surface area contributed by atoms with E-state index in [4.69, 9.17) is 9.47 Å². The van der Waals surface area contributed by atoms with Crippen molar-refractivity contribution >= 4 is 23.1 Å². The summed E-state index contributed by atoms with van der Waals surface area (Å²) in [6.07, 6.45) is 2.37. The Morgan fingerprint density at radius 1 is 1.29 bits per heavy atom. The summed E-state index contributed by atoms with van der Waals surface area (Å²) in [4.78, 5) is 14.3. The second-order valence-corrected chi connectivity index (χ2v) is 7.16. The lowest BCUT2D eigenvalue weighted by atomic mass is 10.2. The molecule has 1 aliphatic heterocycles. The average Bonchev–Trinajstić information content (AvgIpc) is 3.24. The number of hydrogen-bond acceptors (Lipinski definition) is 4. The van der Waals surface area contributed by atoms with Crippen LogP contribution in [0.25, 0.3) is 0 Å². The van der Waals surface area contributed by atoms with Crippen LogP contribution in [0.2, 0.25) is 0 Å². The van der Waals surface area contributed by atoms with Gasteiger partial charge in [-0.15, -0.1) is 11.3 Å². The molecule has 5 nitrogen and oxygen atoms in total. The number of benzene rings is 1. The van der Waals surface area contributed by atoms with Crippen molar-refractivity contribution in [3.05, 3.63) is 46.2 Å². The molecule has 2 N–H and O–H groups in total. The van der Waals surface area contributed by atoms with E-state index in [1.807, 2.05) is 30.3 Å². The van der Waals surface area contributed by atoms with Gasteiger partial charge in [-0.05, 0) is 56.2 Å². The minimum absolute atomic E-state index is 0.203. The molecule has 1 aromatic carbocycles. The van der Waals surface area contributed by atoms with Crippen LogP contribution in [-0.2, 0) is 11.3 Å². The third-order valence-corrected chi connectivity index (χ3v) is 4.79. The van der Waals surface area contributed by atoms with Gasteiger partial charge in [0, 0.05) is 22.0 Å². The van der Waals surface area contributed by atoms with Gasteiger partial charge in [-0.1, -0.05) is 0 Å². The van der Waals surface area contributed by atoms with Crippen molar-refractivity contribution in [1.82, 2.24) is 5.32 Å². The van der Waals surface area contributed by atoms with Crippen LogP contribution in [0.15, 0.2) is 36.4 Å². The zero-order chi connectivity index (χ0) is 16.8. The molecule has 2 amide bonds. The van der Waals surface area contributed by atoms with E-state index in [9.17, 15) is 4.79 Å². The molecule has 1 fully saturated rings. The van der Waals surface area contributed by atoms with Crippen molar-refractivity contribution in [1.29, 1.82) is 0 Å². The zero-order valence-corrected chi connectivity index (χ0v) is 14.5. The van der Waals surface area contributed by atoms with Crippen LogP contribution in [0, 0.1) is 6.92 Å². The van der Waals surface area contributed by atoms with E-state index in [1.54, 1.807) is 11.3 Å². The fraction of sp³-hybridized carbons (Fsp3) is 0.389. The maximum absolute atomic E-state index is 11.9. The van der Waals surface area contributed by atoms with E-state index in [1.165, 1.54) is 4.88 Å². The molecule has 6 heteroatoms. The molecule has 3 rings (SSSR count). The highest BCUT2D eigenvalue weighted by Crippen LogP contribution is 2.18. The van der Waals surface area contributed by atoms with Crippen molar-refractivity contribution in [2.75, 3.05) is 18.5 Å². The van der Waals surface area contributed by atoms with Gasteiger partial charge in [0.25, 0.3) is 0 Å². The first-order chi connectivity index (χ1) is 11.7. The van der Waals surface area contributed by atoms with Gasteiger partial charge in [0.15, 0.2) is 0 Å². The van der Waals surface area contributed by atoms with E-state index < -0.39 is 0 Å². The molecule has 24 heavy (non-hydrogen) atoms. The Bertz CT molecular complexity index is 663. The van der Waals surface area contributed by atoms with Gasteiger partial charge < -0.3 is 20.1 Å². The van der Waals surface area contributed by atoms with Gasteiger partial charge in [-0.2, -0.15) is 0 Å². The van der Waals surface area contributed by atoms with E-state index >= 15 is 0 Å². The Labute approximate surface area is 146 Å². The smallest absolute Gasteiger partial charge is 0.319 e. The number of carbonyl (C=O) groups is 1. The van der Waals surface area contributed by atoms with Crippen LogP contribution >= 0.6 is 11.3 Å². The molecule has 0 saturated carbocycles. The summed E-state index contributed by atoms with van der Waals surface area (Å²) in [5, 5.41) is 5.67. The Morgan fingerprint density at radius 2 is 2.12 bits per heavy atom. The van der Waals surface area contributed by atoms with Gasteiger partial charge >= 0.3 is 6.03 Å². The summed E-state index contributed by atoms with van der Waals surface area (Å²) in [7, 11) is 0. The monoisotopic (exact) mass is 346 g/mol. The Morgan fingerprint density at radius 3 is 2.79 bits per heavy atom. The van der Waals surface area contributed by atoms with Crippen LogP contribution in [0.5, 0.6) is 5.75 Å². The molecule has 0 radical (unpaired) electrons. The second-order valence-electron chi connectivity index (χ2n) is 5.79. The average molecular weight is 346 g/mol. The fourth-order valence-electron chi connectivity index (χ4n) is 2.52. The maximum Gasteiger partial charge on any atom is 0.319 e. The van der Waals surface area contributed by atoms with Crippen molar-refractivity contribution in [3.8, 4) is 5.75 Å². The van der Waals surface area contributed by atoms with Crippen molar-refractivity contribution in [2.24, 2.45) is 0 Å². The molecule has 2 aromatic rings. The highest BCUT2D eigenvalue weighted by atomic mass is 32.1. The first kappa shape index (κ1) is 16.8. The van der Waals surface area contributed by atoms with E-state index in [2.05, 4.69) is 23.6 Å².